The van der Waals surface area contributed by atoms with Crippen molar-refractivity contribution in [2.24, 2.45) is 5.92 Å². The molecule has 198 valence electrons. The fraction of sp³-hybridized carbons (Fsp3) is 0.207. The molecular weight excluding hydrogens is 530 g/mol. The summed E-state index contributed by atoms with van der Waals surface area (Å²) in [5, 5.41) is 14.3. The van der Waals surface area contributed by atoms with Crippen LogP contribution in [0.5, 0.6) is 0 Å². The molecule has 4 aromatic rings. The van der Waals surface area contributed by atoms with E-state index in [-0.39, 0.29) is 24.1 Å². The Labute approximate surface area is 234 Å². The Morgan fingerprint density at radius 1 is 0.923 bits per heavy atom. The van der Waals surface area contributed by atoms with Crippen LogP contribution >= 0.6 is 23.1 Å². The standard InChI is InChI=1S/C29H27N5O3S2/c35-25-18-22(19-34(25)24-11-5-2-6-12-24)27(37)30-23-15-13-21(14-16-23)26(36)31-28-32-33-29(39-28)38-17-7-10-20-8-3-1-4-9-20/h1-6,8-9,11-16,22H,7,10,17-19H2,(H,30,37)(H,31,32,36). The molecular formula is C29H27N5O3S2. The molecule has 0 aliphatic carbocycles. The van der Waals surface area contributed by atoms with Gasteiger partial charge in [-0.1, -0.05) is 71.6 Å². The van der Waals surface area contributed by atoms with Crippen LogP contribution in [-0.2, 0) is 16.0 Å². The van der Waals surface area contributed by atoms with Crippen molar-refractivity contribution in [1.82, 2.24) is 10.2 Å². The highest BCUT2D eigenvalue weighted by atomic mass is 32.2. The van der Waals surface area contributed by atoms with Crippen molar-refractivity contribution in [2.75, 3.05) is 27.8 Å². The number of amides is 3. The van der Waals surface area contributed by atoms with Crippen LogP contribution in [-0.4, -0.2) is 40.2 Å². The molecule has 0 bridgehead atoms. The van der Waals surface area contributed by atoms with Gasteiger partial charge in [-0.15, -0.1) is 10.2 Å². The minimum Gasteiger partial charge on any atom is -0.326 e. The van der Waals surface area contributed by atoms with Crippen molar-refractivity contribution >= 4 is 57.3 Å². The number of carbonyl (C=O) groups excluding carboxylic acids is 3. The monoisotopic (exact) mass is 557 g/mol. The van der Waals surface area contributed by atoms with Gasteiger partial charge >= 0.3 is 0 Å². The van der Waals surface area contributed by atoms with Crippen molar-refractivity contribution in [3.8, 4) is 0 Å². The minimum atomic E-state index is -0.441. The van der Waals surface area contributed by atoms with Crippen LogP contribution in [0.1, 0.15) is 28.8 Å². The maximum absolute atomic E-state index is 12.8. The second-order valence-corrected chi connectivity index (χ2v) is 11.4. The summed E-state index contributed by atoms with van der Waals surface area (Å²) in [6.45, 7) is 0.338. The van der Waals surface area contributed by atoms with Gasteiger partial charge in [0.15, 0.2) is 4.34 Å². The lowest BCUT2D eigenvalue weighted by molar-refractivity contribution is -0.122. The molecule has 1 atom stereocenters. The number of nitrogens with zero attached hydrogens (tertiary/aromatic N) is 3. The fourth-order valence-corrected chi connectivity index (χ4v) is 6.02. The molecule has 1 aliphatic rings. The second kappa shape index (κ2) is 12.7. The summed E-state index contributed by atoms with van der Waals surface area (Å²) < 4.78 is 0.813. The Kier molecular flexibility index (Phi) is 8.65. The lowest BCUT2D eigenvalue weighted by Crippen LogP contribution is -2.28. The summed E-state index contributed by atoms with van der Waals surface area (Å²) in [5.41, 5.74) is 3.11. The smallest absolute Gasteiger partial charge is 0.257 e. The summed E-state index contributed by atoms with van der Waals surface area (Å²) >= 11 is 2.98. The fourth-order valence-electron chi connectivity index (χ4n) is 4.26. The van der Waals surface area contributed by atoms with Crippen molar-refractivity contribution in [3.63, 3.8) is 0 Å². The van der Waals surface area contributed by atoms with Gasteiger partial charge in [-0.2, -0.15) is 0 Å². The van der Waals surface area contributed by atoms with E-state index in [0.29, 0.717) is 22.9 Å². The zero-order valence-corrected chi connectivity index (χ0v) is 22.7. The molecule has 8 nitrogen and oxygen atoms in total. The number of hydrogen-bond acceptors (Lipinski definition) is 7. The highest BCUT2D eigenvalue weighted by Crippen LogP contribution is 2.28. The summed E-state index contributed by atoms with van der Waals surface area (Å²) in [5.74, 6) is -0.113. The van der Waals surface area contributed by atoms with Crippen LogP contribution in [0.25, 0.3) is 0 Å². The zero-order chi connectivity index (χ0) is 27.0. The lowest BCUT2D eigenvalue weighted by atomic mass is 10.1. The molecule has 3 aromatic carbocycles. The van der Waals surface area contributed by atoms with E-state index in [9.17, 15) is 14.4 Å². The average Bonchev–Trinajstić information content (AvgIpc) is 3.58. The van der Waals surface area contributed by atoms with Gasteiger partial charge in [0.05, 0.1) is 5.92 Å². The molecule has 3 amide bonds. The van der Waals surface area contributed by atoms with Crippen molar-refractivity contribution < 1.29 is 14.4 Å². The Hall–Kier alpha value is -4.02. The summed E-state index contributed by atoms with van der Waals surface area (Å²) in [7, 11) is 0. The van der Waals surface area contributed by atoms with E-state index in [0.717, 1.165) is 28.6 Å². The zero-order valence-electron chi connectivity index (χ0n) is 21.1. The van der Waals surface area contributed by atoms with E-state index in [1.807, 2.05) is 48.5 Å². The highest BCUT2D eigenvalue weighted by Gasteiger charge is 2.35. The number of hydrogen-bond donors (Lipinski definition) is 2. The first kappa shape index (κ1) is 26.6. The number of carbonyl (C=O) groups is 3. The van der Waals surface area contributed by atoms with Gasteiger partial charge in [0, 0.05) is 35.7 Å². The SMILES string of the molecule is O=C(Nc1nnc(SCCCc2ccccc2)s1)c1ccc(NC(=O)C2CC(=O)N(c3ccccc3)C2)cc1. The van der Waals surface area contributed by atoms with E-state index in [1.165, 1.54) is 16.9 Å². The Balaban J connectivity index is 1.08. The van der Waals surface area contributed by atoms with E-state index in [2.05, 4.69) is 33.0 Å². The molecule has 2 N–H and O–H groups in total. The molecule has 1 fully saturated rings. The Morgan fingerprint density at radius 3 is 2.38 bits per heavy atom. The number of thioether (sulfide) groups is 1. The van der Waals surface area contributed by atoms with Crippen molar-refractivity contribution in [2.45, 2.75) is 23.6 Å². The summed E-state index contributed by atoms with van der Waals surface area (Å²) in [4.78, 5) is 39.5. The van der Waals surface area contributed by atoms with Crippen molar-refractivity contribution in [1.29, 1.82) is 0 Å². The van der Waals surface area contributed by atoms with Gasteiger partial charge in [-0.05, 0) is 54.8 Å². The molecule has 39 heavy (non-hydrogen) atoms. The van der Waals surface area contributed by atoms with Gasteiger partial charge in [0.2, 0.25) is 16.9 Å². The van der Waals surface area contributed by atoms with Crippen LogP contribution in [0.4, 0.5) is 16.5 Å². The normalized spacial score (nSPS) is 14.8. The quantitative estimate of drug-likeness (QED) is 0.151. The second-order valence-electron chi connectivity index (χ2n) is 9.07. The molecule has 1 aromatic heterocycles. The summed E-state index contributed by atoms with van der Waals surface area (Å²) in [6.07, 6.45) is 2.20. The van der Waals surface area contributed by atoms with Crippen LogP contribution in [0, 0.1) is 5.92 Å². The van der Waals surface area contributed by atoms with Gasteiger partial charge in [-0.25, -0.2) is 0 Å². The third kappa shape index (κ3) is 7.10. The molecule has 2 heterocycles. The Bertz CT molecular complexity index is 1430. The lowest BCUT2D eigenvalue weighted by Gasteiger charge is -2.16. The predicted octanol–water partition coefficient (Wildman–Crippen LogP) is 5.51. The largest absolute Gasteiger partial charge is 0.326 e. The maximum atomic E-state index is 12.8. The third-order valence-corrected chi connectivity index (χ3v) is 8.34. The number of para-hydroxylation sites is 1. The number of nitrogens with one attached hydrogen (secondary N) is 2. The Morgan fingerprint density at radius 2 is 1.64 bits per heavy atom. The first-order valence-electron chi connectivity index (χ1n) is 12.6. The van der Waals surface area contributed by atoms with Gasteiger partial charge < -0.3 is 10.2 Å². The van der Waals surface area contributed by atoms with E-state index < -0.39 is 5.92 Å². The first-order valence-corrected chi connectivity index (χ1v) is 14.4. The average molecular weight is 558 g/mol. The molecule has 0 radical (unpaired) electrons. The van der Waals surface area contributed by atoms with E-state index in [1.54, 1.807) is 40.9 Å². The minimum absolute atomic E-state index is 0.0706. The van der Waals surface area contributed by atoms with Crippen LogP contribution < -0.4 is 15.5 Å². The van der Waals surface area contributed by atoms with Crippen LogP contribution in [0.15, 0.2) is 89.3 Å². The first-order chi connectivity index (χ1) is 19.0. The predicted molar refractivity (Wildman–Crippen MR) is 155 cm³/mol. The maximum Gasteiger partial charge on any atom is 0.257 e. The molecule has 1 unspecified atom stereocenters. The molecule has 1 saturated heterocycles. The highest BCUT2D eigenvalue weighted by molar-refractivity contribution is 8.01. The number of rotatable bonds is 10. The van der Waals surface area contributed by atoms with Crippen molar-refractivity contribution in [3.05, 3.63) is 96.1 Å². The van der Waals surface area contributed by atoms with Crippen LogP contribution in [0.2, 0.25) is 0 Å². The van der Waals surface area contributed by atoms with Crippen LogP contribution in [0.3, 0.4) is 0 Å². The topological polar surface area (TPSA) is 104 Å². The molecule has 10 heteroatoms. The molecule has 0 saturated carbocycles. The number of benzene rings is 3. The van der Waals surface area contributed by atoms with E-state index in [4.69, 9.17) is 0 Å². The van der Waals surface area contributed by atoms with Gasteiger partial charge in [-0.3, -0.25) is 19.7 Å². The van der Waals surface area contributed by atoms with Gasteiger partial charge in [0.1, 0.15) is 0 Å². The molecule has 5 rings (SSSR count). The molecule has 0 spiro atoms. The van der Waals surface area contributed by atoms with E-state index >= 15 is 0 Å². The number of aromatic nitrogens is 2. The number of anilines is 3. The van der Waals surface area contributed by atoms with Gasteiger partial charge in [0.25, 0.3) is 5.91 Å². The number of aryl methyl sites for hydroxylation is 1. The summed E-state index contributed by atoms with van der Waals surface area (Å²) in [6, 6.07) is 26.3. The molecule has 1 aliphatic heterocycles. The third-order valence-electron chi connectivity index (χ3n) is 6.28.